The summed E-state index contributed by atoms with van der Waals surface area (Å²) in [4.78, 5) is 27.2. The molecule has 3 rings (SSSR count). The van der Waals surface area contributed by atoms with Gasteiger partial charge in [-0.05, 0) is 18.2 Å². The van der Waals surface area contributed by atoms with Gasteiger partial charge in [0, 0.05) is 24.9 Å². The molecule has 2 aromatic carbocycles. The van der Waals surface area contributed by atoms with E-state index in [1.807, 2.05) is 24.3 Å². The van der Waals surface area contributed by atoms with E-state index in [0.717, 1.165) is 15.2 Å². The van der Waals surface area contributed by atoms with Gasteiger partial charge in [-0.2, -0.15) is 0 Å². The SMILES string of the molecule is CNc1ccc([N+](=O)[O-])cc1C(=O)NCc1nc2ccccc2s1. The van der Waals surface area contributed by atoms with Crippen molar-refractivity contribution in [2.24, 2.45) is 0 Å². The molecule has 7 nitrogen and oxygen atoms in total. The highest BCUT2D eigenvalue weighted by molar-refractivity contribution is 7.18. The number of amides is 1. The Morgan fingerprint density at radius 1 is 1.29 bits per heavy atom. The second kappa shape index (κ2) is 6.63. The molecule has 0 radical (unpaired) electrons. The summed E-state index contributed by atoms with van der Waals surface area (Å²) in [6, 6.07) is 11.9. The molecule has 1 heterocycles. The number of para-hydroxylation sites is 1. The predicted octanol–water partition coefficient (Wildman–Crippen LogP) is 3.18. The fourth-order valence-electron chi connectivity index (χ4n) is 2.30. The van der Waals surface area contributed by atoms with E-state index in [-0.39, 0.29) is 23.7 Å². The van der Waals surface area contributed by atoms with Crippen molar-refractivity contribution in [1.82, 2.24) is 10.3 Å². The zero-order valence-corrected chi connectivity index (χ0v) is 13.6. The Morgan fingerprint density at radius 3 is 2.79 bits per heavy atom. The van der Waals surface area contributed by atoms with Gasteiger partial charge >= 0.3 is 0 Å². The van der Waals surface area contributed by atoms with Gasteiger partial charge in [-0.1, -0.05) is 12.1 Å². The smallest absolute Gasteiger partial charge is 0.270 e. The maximum Gasteiger partial charge on any atom is 0.270 e. The number of hydrogen-bond donors (Lipinski definition) is 2. The molecule has 8 heteroatoms. The second-order valence-corrected chi connectivity index (χ2v) is 6.11. The van der Waals surface area contributed by atoms with Gasteiger partial charge < -0.3 is 10.6 Å². The van der Waals surface area contributed by atoms with Crippen LogP contribution >= 0.6 is 11.3 Å². The van der Waals surface area contributed by atoms with E-state index in [1.54, 1.807) is 7.05 Å². The predicted molar refractivity (Wildman–Crippen MR) is 93.4 cm³/mol. The second-order valence-electron chi connectivity index (χ2n) is 5.00. The number of nitrogens with one attached hydrogen (secondary N) is 2. The Bertz CT molecular complexity index is 890. The number of nitro benzene ring substituents is 1. The number of non-ortho nitro benzene ring substituents is 1. The molecule has 0 saturated carbocycles. The quantitative estimate of drug-likeness (QED) is 0.548. The van der Waals surface area contributed by atoms with Gasteiger partial charge in [-0.3, -0.25) is 14.9 Å². The lowest BCUT2D eigenvalue weighted by atomic mass is 10.1. The largest absolute Gasteiger partial charge is 0.387 e. The molecule has 1 aromatic heterocycles. The van der Waals surface area contributed by atoms with Crippen LogP contribution in [-0.4, -0.2) is 22.9 Å². The van der Waals surface area contributed by atoms with E-state index >= 15 is 0 Å². The van der Waals surface area contributed by atoms with E-state index in [4.69, 9.17) is 0 Å². The van der Waals surface area contributed by atoms with E-state index in [1.165, 1.54) is 29.5 Å². The summed E-state index contributed by atoms with van der Waals surface area (Å²) < 4.78 is 1.05. The van der Waals surface area contributed by atoms with Crippen LogP contribution < -0.4 is 10.6 Å². The van der Waals surface area contributed by atoms with Crippen molar-refractivity contribution >= 4 is 38.8 Å². The first kappa shape index (κ1) is 15.9. The number of thiazole rings is 1. The summed E-state index contributed by atoms with van der Waals surface area (Å²) in [5, 5.41) is 17.3. The first-order valence-corrected chi connectivity index (χ1v) is 7.99. The Labute approximate surface area is 141 Å². The minimum atomic E-state index is -0.524. The molecule has 0 aliphatic rings. The van der Waals surface area contributed by atoms with Crippen molar-refractivity contribution in [1.29, 1.82) is 0 Å². The molecular formula is C16H14N4O3S. The van der Waals surface area contributed by atoms with Crippen molar-refractivity contribution in [2.75, 3.05) is 12.4 Å². The van der Waals surface area contributed by atoms with Crippen LogP contribution in [0.1, 0.15) is 15.4 Å². The maximum absolute atomic E-state index is 12.4. The minimum Gasteiger partial charge on any atom is -0.387 e. The van der Waals surface area contributed by atoms with Gasteiger partial charge in [-0.15, -0.1) is 11.3 Å². The monoisotopic (exact) mass is 342 g/mol. The Morgan fingerprint density at radius 2 is 2.08 bits per heavy atom. The summed E-state index contributed by atoms with van der Waals surface area (Å²) in [7, 11) is 1.66. The van der Waals surface area contributed by atoms with Crippen molar-refractivity contribution in [3.8, 4) is 0 Å². The number of rotatable bonds is 5. The van der Waals surface area contributed by atoms with Crippen molar-refractivity contribution in [2.45, 2.75) is 6.54 Å². The normalized spacial score (nSPS) is 10.5. The van der Waals surface area contributed by atoms with Gasteiger partial charge in [0.05, 0.1) is 27.2 Å². The Balaban J connectivity index is 1.79. The number of fused-ring (bicyclic) bond motifs is 1. The Kier molecular flexibility index (Phi) is 4.39. The highest BCUT2D eigenvalue weighted by atomic mass is 32.1. The fourth-order valence-corrected chi connectivity index (χ4v) is 3.21. The topological polar surface area (TPSA) is 97.2 Å². The fraction of sp³-hybridized carbons (Fsp3) is 0.125. The lowest BCUT2D eigenvalue weighted by Gasteiger charge is -2.09. The average Bonchev–Trinajstić information content (AvgIpc) is 3.02. The molecule has 3 aromatic rings. The number of carbonyl (C=O) groups is 1. The summed E-state index contributed by atoms with van der Waals surface area (Å²) in [6.45, 7) is 0.268. The molecule has 122 valence electrons. The van der Waals surface area contributed by atoms with Crippen LogP contribution in [0.3, 0.4) is 0 Å². The third-order valence-corrected chi connectivity index (χ3v) is 4.50. The average molecular weight is 342 g/mol. The van der Waals surface area contributed by atoms with Crippen molar-refractivity contribution in [3.05, 3.63) is 63.1 Å². The number of nitro groups is 1. The number of benzene rings is 2. The zero-order chi connectivity index (χ0) is 17.1. The van der Waals surface area contributed by atoms with E-state index < -0.39 is 4.92 Å². The number of carbonyl (C=O) groups excluding carboxylic acids is 1. The number of hydrogen-bond acceptors (Lipinski definition) is 6. The third kappa shape index (κ3) is 3.18. The van der Waals surface area contributed by atoms with Crippen molar-refractivity contribution in [3.63, 3.8) is 0 Å². The summed E-state index contributed by atoms with van der Waals surface area (Å²) in [6.07, 6.45) is 0. The van der Waals surface area contributed by atoms with Gasteiger partial charge in [0.1, 0.15) is 5.01 Å². The molecule has 24 heavy (non-hydrogen) atoms. The molecule has 0 spiro atoms. The molecule has 0 fully saturated rings. The molecule has 0 saturated heterocycles. The lowest BCUT2D eigenvalue weighted by Crippen LogP contribution is -2.23. The number of aromatic nitrogens is 1. The molecule has 0 bridgehead atoms. The van der Waals surface area contributed by atoms with E-state index in [0.29, 0.717) is 5.69 Å². The summed E-state index contributed by atoms with van der Waals surface area (Å²) in [5.74, 6) is -0.387. The van der Waals surface area contributed by atoms with Crippen LogP contribution in [0.4, 0.5) is 11.4 Å². The van der Waals surface area contributed by atoms with Crippen LogP contribution in [0.5, 0.6) is 0 Å². The summed E-state index contributed by atoms with van der Waals surface area (Å²) >= 11 is 1.50. The van der Waals surface area contributed by atoms with Crippen LogP contribution in [0.2, 0.25) is 0 Å². The van der Waals surface area contributed by atoms with Gasteiger partial charge in [0.25, 0.3) is 11.6 Å². The standard InChI is InChI=1S/C16H14N4O3S/c1-17-12-7-6-10(20(22)23)8-11(12)16(21)18-9-15-19-13-4-2-3-5-14(13)24-15/h2-8,17H,9H2,1H3,(H,18,21). The van der Waals surface area contributed by atoms with Crippen LogP contribution in [0.15, 0.2) is 42.5 Å². The molecule has 0 unspecified atom stereocenters. The van der Waals surface area contributed by atoms with Crippen molar-refractivity contribution < 1.29 is 9.72 Å². The number of nitrogens with zero attached hydrogens (tertiary/aromatic N) is 2. The lowest BCUT2D eigenvalue weighted by molar-refractivity contribution is -0.384. The van der Waals surface area contributed by atoms with Gasteiger partial charge in [-0.25, -0.2) is 4.98 Å². The van der Waals surface area contributed by atoms with Crippen LogP contribution in [-0.2, 0) is 6.54 Å². The van der Waals surface area contributed by atoms with Gasteiger partial charge in [0.15, 0.2) is 0 Å². The molecule has 2 N–H and O–H groups in total. The van der Waals surface area contributed by atoms with E-state index in [9.17, 15) is 14.9 Å². The summed E-state index contributed by atoms with van der Waals surface area (Å²) in [5.41, 5.74) is 1.52. The number of anilines is 1. The molecule has 1 amide bonds. The highest BCUT2D eigenvalue weighted by Gasteiger charge is 2.16. The minimum absolute atomic E-state index is 0.126. The molecule has 0 aliphatic carbocycles. The van der Waals surface area contributed by atoms with Crippen LogP contribution in [0, 0.1) is 10.1 Å². The first-order valence-electron chi connectivity index (χ1n) is 7.17. The molecule has 0 atom stereocenters. The highest BCUT2D eigenvalue weighted by Crippen LogP contribution is 2.23. The van der Waals surface area contributed by atoms with Gasteiger partial charge in [0.2, 0.25) is 0 Å². The third-order valence-electron chi connectivity index (χ3n) is 3.47. The molecular weight excluding hydrogens is 328 g/mol. The molecule has 0 aliphatic heterocycles. The zero-order valence-electron chi connectivity index (χ0n) is 12.8. The maximum atomic E-state index is 12.4. The van der Waals surface area contributed by atoms with E-state index in [2.05, 4.69) is 15.6 Å². The Hall–Kier alpha value is -3.00. The van der Waals surface area contributed by atoms with Crippen LogP contribution in [0.25, 0.3) is 10.2 Å². The first-order chi connectivity index (χ1) is 11.6.